The van der Waals surface area contributed by atoms with E-state index < -0.39 is 0 Å². The zero-order valence-corrected chi connectivity index (χ0v) is 17.7. The molecule has 0 aliphatic carbocycles. The van der Waals surface area contributed by atoms with Gasteiger partial charge in [0.25, 0.3) is 0 Å². The summed E-state index contributed by atoms with van der Waals surface area (Å²) in [5, 5.41) is 3.87. The highest BCUT2D eigenvalue weighted by Gasteiger charge is 2.42. The Hall–Kier alpha value is -2.80. The van der Waals surface area contributed by atoms with Crippen molar-refractivity contribution in [3.8, 4) is 0 Å². The molecule has 0 saturated carbocycles. The molecule has 2 aliphatic heterocycles. The van der Waals surface area contributed by atoms with E-state index in [1.807, 2.05) is 6.07 Å². The average molecular weight is 427 g/mol. The summed E-state index contributed by atoms with van der Waals surface area (Å²) in [6, 6.07) is 11.9. The second-order valence-electron chi connectivity index (χ2n) is 8.29. The zero-order valence-electron chi connectivity index (χ0n) is 17.7. The maximum absolute atomic E-state index is 14.1. The molecule has 1 amide bonds. The van der Waals surface area contributed by atoms with Crippen LogP contribution in [0.25, 0.3) is 0 Å². The first kappa shape index (κ1) is 21.4. The quantitative estimate of drug-likeness (QED) is 0.401. The number of hydrogen-bond acceptors (Lipinski definition) is 4. The van der Waals surface area contributed by atoms with Crippen molar-refractivity contribution in [2.45, 2.75) is 44.6 Å². The second-order valence-corrected chi connectivity index (χ2v) is 8.29. The number of benzene rings is 2. The molecular formula is C24H28F2N4O. The van der Waals surface area contributed by atoms with Crippen molar-refractivity contribution in [2.24, 2.45) is 5.10 Å². The SMILES string of the molecule is CC(=O)NN=CCCCCN1CC[C@@H]2[C@@H](C1)c1cc(F)ccc1N2c1ccc(F)cc1. The molecule has 2 atom stereocenters. The lowest BCUT2D eigenvalue weighted by atomic mass is 9.89. The van der Waals surface area contributed by atoms with E-state index in [1.165, 1.54) is 25.1 Å². The number of anilines is 2. The van der Waals surface area contributed by atoms with Crippen LogP contribution in [0.4, 0.5) is 20.2 Å². The van der Waals surface area contributed by atoms with E-state index in [2.05, 4.69) is 20.3 Å². The van der Waals surface area contributed by atoms with Crippen LogP contribution in [0, 0.1) is 11.6 Å². The highest BCUT2D eigenvalue weighted by molar-refractivity contribution is 5.74. The Morgan fingerprint density at radius 1 is 1.16 bits per heavy atom. The van der Waals surface area contributed by atoms with Gasteiger partial charge in [-0.15, -0.1) is 0 Å². The standard InChI is InChI=1S/C24H28F2N4O/c1-17(31)28-27-12-3-2-4-13-29-14-11-24-22(16-29)21-15-19(26)7-10-23(21)30(24)20-8-5-18(25)6-9-20/h5-10,12,15,22,24H,2-4,11,13-14,16H2,1H3,(H,28,31)/t22-,24+/m0/s1. The van der Waals surface area contributed by atoms with Crippen LogP contribution in [-0.4, -0.2) is 42.7 Å². The summed E-state index contributed by atoms with van der Waals surface area (Å²) in [5.41, 5.74) is 5.43. The number of halogens is 2. The predicted molar refractivity (Wildman–Crippen MR) is 119 cm³/mol. The predicted octanol–water partition coefficient (Wildman–Crippen LogP) is 4.57. The Morgan fingerprint density at radius 3 is 2.71 bits per heavy atom. The maximum atomic E-state index is 14.1. The molecule has 2 heterocycles. The number of amides is 1. The van der Waals surface area contributed by atoms with Crippen molar-refractivity contribution < 1.29 is 13.6 Å². The molecule has 1 fully saturated rings. The van der Waals surface area contributed by atoms with Gasteiger partial charge in [-0.2, -0.15) is 5.10 Å². The van der Waals surface area contributed by atoms with Crippen LogP contribution in [0.1, 0.15) is 44.1 Å². The van der Waals surface area contributed by atoms with Crippen LogP contribution in [0.5, 0.6) is 0 Å². The van der Waals surface area contributed by atoms with Crippen LogP contribution in [0.15, 0.2) is 47.6 Å². The third-order valence-corrected chi connectivity index (χ3v) is 6.12. The van der Waals surface area contributed by atoms with Gasteiger partial charge in [0.05, 0.1) is 0 Å². The number of fused-ring (bicyclic) bond motifs is 3. The molecule has 2 aromatic rings. The average Bonchev–Trinajstić information content (AvgIpc) is 3.06. The lowest BCUT2D eigenvalue weighted by Crippen LogP contribution is -2.45. The van der Waals surface area contributed by atoms with Crippen molar-refractivity contribution >= 4 is 23.5 Å². The van der Waals surface area contributed by atoms with Gasteiger partial charge in [-0.05, 0) is 80.3 Å². The molecule has 1 saturated heterocycles. The van der Waals surface area contributed by atoms with Gasteiger partial charge >= 0.3 is 0 Å². The summed E-state index contributed by atoms with van der Waals surface area (Å²) in [4.78, 5) is 15.5. The highest BCUT2D eigenvalue weighted by Crippen LogP contribution is 2.48. The molecule has 0 aromatic heterocycles. The number of likely N-dealkylation sites (tertiary alicyclic amines) is 1. The van der Waals surface area contributed by atoms with Crippen molar-refractivity contribution in [3.05, 3.63) is 59.7 Å². The Morgan fingerprint density at radius 2 is 1.94 bits per heavy atom. The monoisotopic (exact) mass is 426 g/mol. The fraction of sp³-hybridized carbons (Fsp3) is 0.417. The van der Waals surface area contributed by atoms with Crippen molar-refractivity contribution in [3.63, 3.8) is 0 Å². The van der Waals surface area contributed by atoms with Crippen molar-refractivity contribution in [1.29, 1.82) is 0 Å². The van der Waals surface area contributed by atoms with E-state index >= 15 is 0 Å². The molecule has 1 N–H and O–H groups in total. The Labute approximate surface area is 181 Å². The van der Waals surface area contributed by atoms with Gasteiger partial charge in [0.15, 0.2) is 0 Å². The van der Waals surface area contributed by atoms with Gasteiger partial charge in [0, 0.05) is 49.6 Å². The van der Waals surface area contributed by atoms with Crippen molar-refractivity contribution in [2.75, 3.05) is 24.5 Å². The van der Waals surface area contributed by atoms with Gasteiger partial charge in [0.1, 0.15) is 11.6 Å². The Bertz CT molecular complexity index is 947. The first-order valence-electron chi connectivity index (χ1n) is 10.9. The summed E-state index contributed by atoms with van der Waals surface area (Å²) in [6.07, 6.45) is 5.58. The normalized spacial score (nSPS) is 20.7. The van der Waals surface area contributed by atoms with E-state index in [1.54, 1.807) is 24.4 Å². The van der Waals surface area contributed by atoms with E-state index in [9.17, 15) is 13.6 Å². The van der Waals surface area contributed by atoms with Crippen molar-refractivity contribution in [1.82, 2.24) is 10.3 Å². The van der Waals surface area contributed by atoms with Gasteiger partial charge in [-0.1, -0.05) is 0 Å². The summed E-state index contributed by atoms with van der Waals surface area (Å²) >= 11 is 0. The number of hydrazone groups is 1. The summed E-state index contributed by atoms with van der Waals surface area (Å²) in [6.45, 7) is 4.29. The largest absolute Gasteiger partial charge is 0.337 e. The fourth-order valence-electron chi connectivity index (χ4n) is 4.75. The number of nitrogens with zero attached hydrogens (tertiary/aromatic N) is 3. The fourth-order valence-corrected chi connectivity index (χ4v) is 4.75. The number of unbranched alkanes of at least 4 members (excludes halogenated alkanes) is 2. The topological polar surface area (TPSA) is 47.9 Å². The minimum absolute atomic E-state index is 0.165. The molecule has 2 aromatic carbocycles. The molecular weight excluding hydrogens is 398 g/mol. The smallest absolute Gasteiger partial charge is 0.236 e. The summed E-state index contributed by atoms with van der Waals surface area (Å²) < 4.78 is 27.5. The Kier molecular flexibility index (Phi) is 6.61. The number of carbonyl (C=O) groups is 1. The summed E-state index contributed by atoms with van der Waals surface area (Å²) in [7, 11) is 0. The number of hydrogen-bond donors (Lipinski definition) is 1. The molecule has 4 rings (SSSR count). The third kappa shape index (κ3) is 4.93. The second kappa shape index (κ2) is 9.56. The molecule has 31 heavy (non-hydrogen) atoms. The van der Waals surface area contributed by atoms with E-state index in [0.29, 0.717) is 0 Å². The van der Waals surface area contributed by atoms with E-state index in [-0.39, 0.29) is 29.5 Å². The van der Waals surface area contributed by atoms with Crippen LogP contribution in [0.2, 0.25) is 0 Å². The van der Waals surface area contributed by atoms with E-state index in [0.717, 1.165) is 62.3 Å². The Balaban J connectivity index is 1.41. The number of carbonyl (C=O) groups excluding carboxylic acids is 1. The molecule has 0 spiro atoms. The van der Waals surface area contributed by atoms with Crippen LogP contribution in [0.3, 0.4) is 0 Å². The number of piperidine rings is 1. The molecule has 0 unspecified atom stereocenters. The van der Waals surface area contributed by atoms with E-state index in [4.69, 9.17) is 0 Å². The number of rotatable bonds is 7. The third-order valence-electron chi connectivity index (χ3n) is 6.12. The maximum Gasteiger partial charge on any atom is 0.236 e. The van der Waals surface area contributed by atoms with Gasteiger partial charge in [-0.3, -0.25) is 4.79 Å². The minimum Gasteiger partial charge on any atom is -0.337 e. The van der Waals surface area contributed by atoms with Crippen LogP contribution in [-0.2, 0) is 4.79 Å². The molecule has 7 heteroatoms. The van der Waals surface area contributed by atoms with Crippen LogP contribution >= 0.6 is 0 Å². The highest BCUT2D eigenvalue weighted by atomic mass is 19.1. The first-order chi connectivity index (χ1) is 15.0. The van der Waals surface area contributed by atoms with Gasteiger partial charge < -0.3 is 9.80 Å². The van der Waals surface area contributed by atoms with Gasteiger partial charge in [0.2, 0.25) is 5.91 Å². The minimum atomic E-state index is -0.254. The molecule has 2 aliphatic rings. The molecule has 5 nitrogen and oxygen atoms in total. The van der Waals surface area contributed by atoms with Crippen LogP contribution < -0.4 is 10.3 Å². The molecule has 0 radical (unpaired) electrons. The van der Waals surface area contributed by atoms with Gasteiger partial charge in [-0.25, -0.2) is 14.2 Å². The lowest BCUT2D eigenvalue weighted by Gasteiger charge is -2.39. The summed E-state index contributed by atoms with van der Waals surface area (Å²) in [5.74, 6) is -0.405. The molecule has 0 bridgehead atoms. The molecule has 164 valence electrons. The zero-order chi connectivity index (χ0) is 21.8. The lowest BCUT2D eigenvalue weighted by molar-refractivity contribution is -0.118. The first-order valence-corrected chi connectivity index (χ1v) is 10.9. The number of nitrogens with one attached hydrogen (secondary N) is 1.